The topological polar surface area (TPSA) is 21.3 Å². The first-order valence-electron chi connectivity index (χ1n) is 6.76. The Balaban J connectivity index is 2.72. The van der Waals surface area contributed by atoms with Crippen LogP contribution in [0.15, 0.2) is 18.2 Å². The molecule has 0 heterocycles. The van der Waals surface area contributed by atoms with Crippen LogP contribution in [0.3, 0.4) is 0 Å². The molecule has 1 aromatic carbocycles. The number of methoxy groups -OCH3 is 1. The third-order valence-electron chi connectivity index (χ3n) is 3.06. The van der Waals surface area contributed by atoms with E-state index in [0.717, 1.165) is 36.6 Å². The van der Waals surface area contributed by atoms with Gasteiger partial charge in [-0.25, -0.2) is 0 Å². The fourth-order valence-corrected chi connectivity index (χ4v) is 2.77. The van der Waals surface area contributed by atoms with Crippen LogP contribution in [0.2, 0.25) is 5.02 Å². The molecule has 0 saturated carbocycles. The Bertz CT molecular complexity index is 365. The molecule has 1 unspecified atom stereocenters. The number of hydrogen-bond donors (Lipinski definition) is 1. The van der Waals surface area contributed by atoms with Crippen LogP contribution in [0.1, 0.15) is 25.3 Å². The number of ether oxygens (including phenoxy) is 1. The minimum atomic E-state index is 0.486. The molecule has 2 nitrogen and oxygen atoms in total. The van der Waals surface area contributed by atoms with Crippen molar-refractivity contribution in [2.45, 2.75) is 32.2 Å². The molecule has 0 saturated heterocycles. The monoisotopic (exact) mass is 301 g/mol. The van der Waals surface area contributed by atoms with Gasteiger partial charge in [-0.2, -0.15) is 11.8 Å². The van der Waals surface area contributed by atoms with Gasteiger partial charge in [-0.1, -0.05) is 18.5 Å². The van der Waals surface area contributed by atoms with E-state index in [1.165, 1.54) is 11.3 Å². The summed E-state index contributed by atoms with van der Waals surface area (Å²) < 4.78 is 5.42. The van der Waals surface area contributed by atoms with Crippen LogP contribution in [-0.4, -0.2) is 31.7 Å². The minimum absolute atomic E-state index is 0.486. The lowest BCUT2D eigenvalue weighted by Gasteiger charge is -2.19. The van der Waals surface area contributed by atoms with Crippen LogP contribution >= 0.6 is 23.4 Å². The van der Waals surface area contributed by atoms with E-state index in [9.17, 15) is 0 Å². The minimum Gasteiger partial charge on any atom is -0.496 e. The molecule has 0 amide bonds. The van der Waals surface area contributed by atoms with Gasteiger partial charge in [0.05, 0.1) is 7.11 Å². The summed E-state index contributed by atoms with van der Waals surface area (Å²) in [6.07, 6.45) is 5.43. The molecular formula is C15H24ClNOS. The lowest BCUT2D eigenvalue weighted by molar-refractivity contribution is 0.403. The summed E-state index contributed by atoms with van der Waals surface area (Å²) in [4.78, 5) is 0. The Morgan fingerprint density at radius 1 is 1.42 bits per heavy atom. The van der Waals surface area contributed by atoms with E-state index in [4.69, 9.17) is 16.3 Å². The van der Waals surface area contributed by atoms with Crippen molar-refractivity contribution in [3.8, 4) is 5.75 Å². The van der Waals surface area contributed by atoms with Crippen molar-refractivity contribution in [1.29, 1.82) is 0 Å². The van der Waals surface area contributed by atoms with E-state index in [1.54, 1.807) is 7.11 Å². The SMILES string of the molecule is CCCNC(CCSC)Cc1cc(Cl)ccc1OC. The molecule has 1 atom stereocenters. The van der Waals surface area contributed by atoms with Crippen molar-refractivity contribution in [3.05, 3.63) is 28.8 Å². The molecule has 1 aromatic rings. The summed E-state index contributed by atoms with van der Waals surface area (Å²) in [5, 5.41) is 4.38. The number of rotatable bonds is 9. The molecule has 4 heteroatoms. The smallest absolute Gasteiger partial charge is 0.122 e. The van der Waals surface area contributed by atoms with E-state index >= 15 is 0 Å². The molecule has 0 fully saturated rings. The molecule has 0 aliphatic heterocycles. The Morgan fingerprint density at radius 2 is 2.21 bits per heavy atom. The fourth-order valence-electron chi connectivity index (χ4n) is 2.06. The molecule has 0 spiro atoms. The first kappa shape index (κ1) is 16.7. The molecule has 0 radical (unpaired) electrons. The average molecular weight is 302 g/mol. The highest BCUT2D eigenvalue weighted by Crippen LogP contribution is 2.24. The van der Waals surface area contributed by atoms with Crippen molar-refractivity contribution >= 4 is 23.4 Å². The van der Waals surface area contributed by atoms with Gasteiger partial charge in [0, 0.05) is 11.1 Å². The van der Waals surface area contributed by atoms with Gasteiger partial charge in [-0.3, -0.25) is 0 Å². The highest BCUT2D eigenvalue weighted by atomic mass is 35.5. The van der Waals surface area contributed by atoms with Crippen LogP contribution < -0.4 is 10.1 Å². The number of nitrogens with one attached hydrogen (secondary N) is 1. The maximum absolute atomic E-state index is 6.09. The molecule has 1 N–H and O–H groups in total. The summed E-state index contributed by atoms with van der Waals surface area (Å²) in [7, 11) is 1.71. The van der Waals surface area contributed by atoms with Crippen molar-refractivity contribution in [2.24, 2.45) is 0 Å². The highest BCUT2D eigenvalue weighted by Gasteiger charge is 2.12. The Labute approximate surface area is 126 Å². The maximum Gasteiger partial charge on any atom is 0.122 e. The molecule has 0 aliphatic carbocycles. The summed E-state index contributed by atoms with van der Waals surface area (Å²) in [6, 6.07) is 6.32. The van der Waals surface area contributed by atoms with E-state index in [-0.39, 0.29) is 0 Å². The molecular weight excluding hydrogens is 278 g/mol. The summed E-state index contributed by atoms with van der Waals surface area (Å²) in [5.41, 5.74) is 1.18. The van der Waals surface area contributed by atoms with E-state index in [0.29, 0.717) is 6.04 Å². The Kier molecular flexibility index (Phi) is 8.35. The van der Waals surface area contributed by atoms with Crippen molar-refractivity contribution in [1.82, 2.24) is 5.32 Å². The van der Waals surface area contributed by atoms with Crippen LogP contribution in [-0.2, 0) is 6.42 Å². The van der Waals surface area contributed by atoms with E-state index < -0.39 is 0 Å². The molecule has 0 aliphatic rings. The van der Waals surface area contributed by atoms with Crippen molar-refractivity contribution in [3.63, 3.8) is 0 Å². The van der Waals surface area contributed by atoms with Crippen molar-refractivity contribution < 1.29 is 4.74 Å². The maximum atomic E-state index is 6.09. The number of hydrogen-bond acceptors (Lipinski definition) is 3. The Hall–Kier alpha value is -0.380. The van der Waals surface area contributed by atoms with Gasteiger partial charge in [0.15, 0.2) is 0 Å². The number of benzene rings is 1. The number of thioether (sulfide) groups is 1. The van der Waals surface area contributed by atoms with Gasteiger partial charge in [-0.15, -0.1) is 0 Å². The second-order valence-electron chi connectivity index (χ2n) is 4.59. The molecule has 0 bridgehead atoms. The molecule has 19 heavy (non-hydrogen) atoms. The third kappa shape index (κ3) is 6.07. The molecule has 1 rings (SSSR count). The number of halogens is 1. The predicted octanol–water partition coefficient (Wildman–Crippen LogP) is 4.01. The first-order chi connectivity index (χ1) is 9.21. The average Bonchev–Trinajstić information content (AvgIpc) is 2.42. The summed E-state index contributed by atoms with van der Waals surface area (Å²) in [5.74, 6) is 2.10. The van der Waals surface area contributed by atoms with E-state index in [2.05, 4.69) is 18.5 Å². The highest BCUT2D eigenvalue weighted by molar-refractivity contribution is 7.98. The second-order valence-corrected chi connectivity index (χ2v) is 6.01. The quantitative estimate of drug-likeness (QED) is 0.744. The van der Waals surface area contributed by atoms with Crippen LogP contribution in [0.4, 0.5) is 0 Å². The summed E-state index contributed by atoms with van der Waals surface area (Å²) >= 11 is 7.98. The zero-order chi connectivity index (χ0) is 14.1. The van der Waals surface area contributed by atoms with E-state index in [1.807, 2.05) is 30.0 Å². The zero-order valence-electron chi connectivity index (χ0n) is 12.0. The normalized spacial score (nSPS) is 12.4. The Morgan fingerprint density at radius 3 is 2.84 bits per heavy atom. The zero-order valence-corrected chi connectivity index (χ0v) is 13.6. The fraction of sp³-hybridized carbons (Fsp3) is 0.600. The summed E-state index contributed by atoms with van der Waals surface area (Å²) in [6.45, 7) is 3.25. The van der Waals surface area contributed by atoms with Crippen LogP contribution in [0, 0.1) is 0 Å². The predicted molar refractivity (Wildman–Crippen MR) is 86.8 cm³/mol. The van der Waals surface area contributed by atoms with Gasteiger partial charge in [-0.05, 0) is 61.6 Å². The standard InChI is InChI=1S/C15H24ClNOS/c1-4-8-17-14(7-9-19-3)11-12-10-13(16)5-6-15(12)18-2/h5-6,10,14,17H,4,7-9,11H2,1-3H3. The first-order valence-corrected chi connectivity index (χ1v) is 8.53. The van der Waals surface area contributed by atoms with Gasteiger partial charge < -0.3 is 10.1 Å². The van der Waals surface area contributed by atoms with Crippen LogP contribution in [0.25, 0.3) is 0 Å². The third-order valence-corrected chi connectivity index (χ3v) is 3.94. The largest absolute Gasteiger partial charge is 0.496 e. The van der Waals surface area contributed by atoms with Gasteiger partial charge in [0.2, 0.25) is 0 Å². The lowest BCUT2D eigenvalue weighted by atomic mass is 10.0. The van der Waals surface area contributed by atoms with Gasteiger partial charge in [0.1, 0.15) is 5.75 Å². The lowest BCUT2D eigenvalue weighted by Crippen LogP contribution is -2.32. The molecule has 0 aromatic heterocycles. The van der Waals surface area contributed by atoms with Gasteiger partial charge >= 0.3 is 0 Å². The van der Waals surface area contributed by atoms with Crippen molar-refractivity contribution in [2.75, 3.05) is 25.7 Å². The second kappa shape index (κ2) is 9.51. The van der Waals surface area contributed by atoms with Crippen LogP contribution in [0.5, 0.6) is 5.75 Å². The van der Waals surface area contributed by atoms with Gasteiger partial charge in [0.25, 0.3) is 0 Å². The molecule has 108 valence electrons.